The SMILES string of the molecule is Cn1cc(-c2ccncc2C=CC(=O)Nc2ccc(Br)c(CO)c2)cn1. The number of nitrogens with zero attached hydrogens (tertiary/aromatic N) is 3. The van der Waals surface area contributed by atoms with Crippen LogP contribution in [0, 0.1) is 0 Å². The molecule has 0 atom stereocenters. The molecule has 26 heavy (non-hydrogen) atoms. The third-order valence-electron chi connectivity index (χ3n) is 3.77. The lowest BCUT2D eigenvalue weighted by Gasteiger charge is -2.06. The Morgan fingerprint density at radius 2 is 2.19 bits per heavy atom. The lowest BCUT2D eigenvalue weighted by molar-refractivity contribution is -0.111. The predicted molar refractivity (Wildman–Crippen MR) is 104 cm³/mol. The Bertz CT molecular complexity index is 966. The van der Waals surface area contributed by atoms with Crippen LogP contribution in [0.3, 0.4) is 0 Å². The number of hydrogen-bond acceptors (Lipinski definition) is 4. The highest BCUT2D eigenvalue weighted by Gasteiger charge is 2.06. The topological polar surface area (TPSA) is 80.0 Å². The van der Waals surface area contributed by atoms with Gasteiger partial charge in [0.15, 0.2) is 0 Å². The van der Waals surface area contributed by atoms with Gasteiger partial charge in [-0.2, -0.15) is 5.10 Å². The lowest BCUT2D eigenvalue weighted by Crippen LogP contribution is -2.08. The normalized spacial score (nSPS) is 11.0. The Balaban J connectivity index is 1.77. The maximum atomic E-state index is 12.2. The fourth-order valence-corrected chi connectivity index (χ4v) is 2.86. The molecule has 0 unspecified atom stereocenters. The Morgan fingerprint density at radius 3 is 2.92 bits per heavy atom. The van der Waals surface area contributed by atoms with Gasteiger partial charge in [0.05, 0.1) is 12.8 Å². The second kappa shape index (κ2) is 8.07. The summed E-state index contributed by atoms with van der Waals surface area (Å²) >= 11 is 3.35. The van der Waals surface area contributed by atoms with Gasteiger partial charge in [-0.1, -0.05) is 15.9 Å². The van der Waals surface area contributed by atoms with Gasteiger partial charge in [0.2, 0.25) is 5.91 Å². The highest BCUT2D eigenvalue weighted by molar-refractivity contribution is 9.10. The number of rotatable bonds is 5. The fraction of sp³-hybridized carbons (Fsp3) is 0.105. The molecule has 3 aromatic rings. The van der Waals surface area contributed by atoms with E-state index in [2.05, 4.69) is 31.3 Å². The molecule has 1 aromatic carbocycles. The Kier molecular flexibility index (Phi) is 5.60. The van der Waals surface area contributed by atoms with Crippen LogP contribution in [0.5, 0.6) is 0 Å². The Hall–Kier alpha value is -2.77. The summed E-state index contributed by atoms with van der Waals surface area (Å²) in [5, 5.41) is 16.3. The maximum absolute atomic E-state index is 12.2. The molecule has 0 bridgehead atoms. The van der Waals surface area contributed by atoms with Crippen LogP contribution in [-0.2, 0) is 18.4 Å². The minimum absolute atomic E-state index is 0.107. The number of pyridine rings is 1. The number of aliphatic hydroxyl groups excluding tert-OH is 1. The van der Waals surface area contributed by atoms with Crippen molar-refractivity contribution in [2.75, 3.05) is 5.32 Å². The number of amides is 1. The molecule has 0 aliphatic heterocycles. The lowest BCUT2D eigenvalue weighted by atomic mass is 10.0. The van der Waals surface area contributed by atoms with Crippen LogP contribution < -0.4 is 5.32 Å². The standard InChI is InChI=1S/C19H17BrN4O2/c1-24-11-15(10-22-24)17-6-7-21-9-13(17)2-5-19(26)23-16-3-4-18(20)14(8-16)12-25/h2-11,25H,12H2,1H3,(H,23,26). The summed E-state index contributed by atoms with van der Waals surface area (Å²) in [5.41, 5.74) is 4.05. The highest BCUT2D eigenvalue weighted by Crippen LogP contribution is 2.24. The summed E-state index contributed by atoms with van der Waals surface area (Å²) in [6.07, 6.45) is 10.3. The third-order valence-corrected chi connectivity index (χ3v) is 4.54. The molecule has 3 rings (SSSR count). The first-order valence-electron chi connectivity index (χ1n) is 7.88. The van der Waals surface area contributed by atoms with E-state index >= 15 is 0 Å². The van der Waals surface area contributed by atoms with Gasteiger partial charge in [0.25, 0.3) is 0 Å². The average Bonchev–Trinajstić information content (AvgIpc) is 3.08. The van der Waals surface area contributed by atoms with Crippen molar-refractivity contribution in [3.8, 4) is 11.1 Å². The molecule has 0 saturated carbocycles. The van der Waals surface area contributed by atoms with E-state index in [-0.39, 0.29) is 12.5 Å². The summed E-state index contributed by atoms with van der Waals surface area (Å²) < 4.78 is 2.52. The van der Waals surface area contributed by atoms with E-state index in [1.165, 1.54) is 6.08 Å². The summed E-state index contributed by atoms with van der Waals surface area (Å²) in [5.74, 6) is -0.266. The van der Waals surface area contributed by atoms with Crippen molar-refractivity contribution in [1.29, 1.82) is 0 Å². The average molecular weight is 413 g/mol. The molecule has 0 spiro atoms. The minimum atomic E-state index is -0.266. The van der Waals surface area contributed by atoms with Gasteiger partial charge in [-0.05, 0) is 41.5 Å². The van der Waals surface area contributed by atoms with Gasteiger partial charge in [-0.15, -0.1) is 0 Å². The number of halogens is 1. The molecular weight excluding hydrogens is 396 g/mol. The number of nitrogens with one attached hydrogen (secondary N) is 1. The molecule has 6 nitrogen and oxygen atoms in total. The number of carbonyl (C=O) groups excluding carboxylic acids is 1. The molecule has 0 aliphatic carbocycles. The molecule has 0 radical (unpaired) electrons. The van der Waals surface area contributed by atoms with Gasteiger partial charge < -0.3 is 10.4 Å². The van der Waals surface area contributed by atoms with E-state index in [0.717, 1.165) is 21.2 Å². The number of benzene rings is 1. The van der Waals surface area contributed by atoms with Crippen molar-refractivity contribution in [1.82, 2.24) is 14.8 Å². The van der Waals surface area contributed by atoms with Crippen molar-refractivity contribution in [2.24, 2.45) is 7.05 Å². The van der Waals surface area contributed by atoms with Crippen molar-refractivity contribution in [3.63, 3.8) is 0 Å². The first-order chi connectivity index (χ1) is 12.6. The van der Waals surface area contributed by atoms with Crippen molar-refractivity contribution in [3.05, 3.63) is 70.7 Å². The van der Waals surface area contributed by atoms with Crippen molar-refractivity contribution >= 4 is 33.6 Å². The summed E-state index contributed by atoms with van der Waals surface area (Å²) in [7, 11) is 1.85. The number of carbonyl (C=O) groups is 1. The van der Waals surface area contributed by atoms with E-state index in [0.29, 0.717) is 11.3 Å². The summed E-state index contributed by atoms with van der Waals surface area (Å²) in [6, 6.07) is 7.16. The second-order valence-corrected chi connectivity index (χ2v) is 6.51. The van der Waals surface area contributed by atoms with E-state index in [1.54, 1.807) is 47.5 Å². The monoisotopic (exact) mass is 412 g/mol. The van der Waals surface area contributed by atoms with Gasteiger partial charge >= 0.3 is 0 Å². The zero-order chi connectivity index (χ0) is 18.5. The molecule has 2 N–H and O–H groups in total. The maximum Gasteiger partial charge on any atom is 0.248 e. The molecule has 7 heteroatoms. The molecule has 2 aromatic heterocycles. The number of aromatic nitrogens is 3. The van der Waals surface area contributed by atoms with E-state index in [9.17, 15) is 9.90 Å². The van der Waals surface area contributed by atoms with Crippen LogP contribution in [0.4, 0.5) is 5.69 Å². The summed E-state index contributed by atoms with van der Waals surface area (Å²) in [6.45, 7) is -0.107. The molecule has 0 saturated heterocycles. The summed E-state index contributed by atoms with van der Waals surface area (Å²) in [4.78, 5) is 16.3. The third kappa shape index (κ3) is 4.25. The molecule has 2 heterocycles. The number of aliphatic hydroxyl groups is 1. The Labute approximate surface area is 159 Å². The van der Waals surface area contributed by atoms with Gasteiger partial charge in [0.1, 0.15) is 0 Å². The van der Waals surface area contributed by atoms with E-state index in [4.69, 9.17) is 0 Å². The smallest absolute Gasteiger partial charge is 0.248 e. The van der Waals surface area contributed by atoms with Crippen molar-refractivity contribution in [2.45, 2.75) is 6.61 Å². The largest absolute Gasteiger partial charge is 0.392 e. The van der Waals surface area contributed by atoms with Gasteiger partial charge in [-0.25, -0.2) is 0 Å². The number of anilines is 1. The zero-order valence-corrected chi connectivity index (χ0v) is 15.6. The molecule has 1 amide bonds. The van der Waals surface area contributed by atoms with Crippen LogP contribution >= 0.6 is 15.9 Å². The number of aryl methyl sites for hydroxylation is 1. The van der Waals surface area contributed by atoms with Crippen LogP contribution in [0.25, 0.3) is 17.2 Å². The first kappa shape index (κ1) is 18.0. The minimum Gasteiger partial charge on any atom is -0.392 e. The quantitative estimate of drug-likeness (QED) is 0.629. The molecular formula is C19H17BrN4O2. The molecule has 132 valence electrons. The second-order valence-electron chi connectivity index (χ2n) is 5.65. The van der Waals surface area contributed by atoms with Crippen LogP contribution in [0.1, 0.15) is 11.1 Å². The first-order valence-corrected chi connectivity index (χ1v) is 8.67. The van der Waals surface area contributed by atoms with Crippen molar-refractivity contribution < 1.29 is 9.90 Å². The fourth-order valence-electron chi connectivity index (χ4n) is 2.49. The van der Waals surface area contributed by atoms with Gasteiger partial charge in [-0.3, -0.25) is 14.5 Å². The van der Waals surface area contributed by atoms with Crippen LogP contribution in [-0.4, -0.2) is 25.8 Å². The molecule has 0 fully saturated rings. The van der Waals surface area contributed by atoms with Gasteiger partial charge in [0, 0.05) is 53.0 Å². The Morgan fingerprint density at radius 1 is 1.35 bits per heavy atom. The molecule has 0 aliphatic rings. The van der Waals surface area contributed by atoms with Crippen LogP contribution in [0.15, 0.2) is 59.6 Å². The van der Waals surface area contributed by atoms with E-state index < -0.39 is 0 Å². The van der Waals surface area contributed by atoms with E-state index in [1.807, 2.05) is 19.3 Å². The highest BCUT2D eigenvalue weighted by atomic mass is 79.9. The van der Waals surface area contributed by atoms with Crippen LogP contribution in [0.2, 0.25) is 0 Å². The predicted octanol–water partition coefficient (Wildman–Crippen LogP) is 3.39. The zero-order valence-electron chi connectivity index (χ0n) is 14.1. The number of hydrogen-bond donors (Lipinski definition) is 2.